The first-order chi connectivity index (χ1) is 10.2. The van der Waals surface area contributed by atoms with Gasteiger partial charge >= 0.3 is 0 Å². The zero-order valence-corrected chi connectivity index (χ0v) is 13.2. The van der Waals surface area contributed by atoms with Crippen LogP contribution in [0.2, 0.25) is 0 Å². The summed E-state index contributed by atoms with van der Waals surface area (Å²) in [6.07, 6.45) is 9.66. The number of fused-ring (bicyclic) bond motifs is 1. The Morgan fingerprint density at radius 1 is 1.43 bits per heavy atom. The van der Waals surface area contributed by atoms with E-state index in [9.17, 15) is 0 Å². The second kappa shape index (κ2) is 5.92. The molecule has 1 aliphatic carbocycles. The minimum absolute atomic E-state index is 0.431. The number of aromatic nitrogens is 3. The molecule has 3 rings (SSSR count). The average Bonchev–Trinajstić information content (AvgIpc) is 3.16. The van der Waals surface area contributed by atoms with Crippen LogP contribution in [0.3, 0.4) is 0 Å². The molecule has 1 saturated carbocycles. The van der Waals surface area contributed by atoms with Gasteiger partial charge in [-0.05, 0) is 39.0 Å². The standard InChI is InChI=1S/C16H25N5/c1-4-7-17-14-11-20-9-8-18-15(20)16(19-14)21(12(2)3)10-13-5-6-13/h8-9,11-13,17H,4-7,10H2,1-3H3. The summed E-state index contributed by atoms with van der Waals surface area (Å²) in [6.45, 7) is 8.66. The van der Waals surface area contributed by atoms with Crippen LogP contribution in [0.1, 0.15) is 40.0 Å². The fraction of sp³-hybridized carbons (Fsp3) is 0.625. The van der Waals surface area contributed by atoms with Crippen molar-refractivity contribution in [1.82, 2.24) is 14.4 Å². The molecule has 21 heavy (non-hydrogen) atoms. The fourth-order valence-corrected chi connectivity index (χ4v) is 2.57. The minimum atomic E-state index is 0.431. The highest BCUT2D eigenvalue weighted by atomic mass is 15.3. The van der Waals surface area contributed by atoms with E-state index in [-0.39, 0.29) is 0 Å². The summed E-state index contributed by atoms with van der Waals surface area (Å²) >= 11 is 0. The maximum Gasteiger partial charge on any atom is 0.180 e. The van der Waals surface area contributed by atoms with Gasteiger partial charge in [0.2, 0.25) is 0 Å². The predicted molar refractivity (Wildman–Crippen MR) is 87.0 cm³/mol. The largest absolute Gasteiger partial charge is 0.369 e. The smallest absolute Gasteiger partial charge is 0.180 e. The van der Waals surface area contributed by atoms with Gasteiger partial charge in [0.1, 0.15) is 5.82 Å². The molecule has 0 radical (unpaired) electrons. The van der Waals surface area contributed by atoms with Gasteiger partial charge in [0.25, 0.3) is 0 Å². The minimum Gasteiger partial charge on any atom is -0.369 e. The van der Waals surface area contributed by atoms with E-state index >= 15 is 0 Å². The lowest BCUT2D eigenvalue weighted by Crippen LogP contribution is -2.34. The highest BCUT2D eigenvalue weighted by molar-refractivity contribution is 5.67. The third-order valence-electron chi connectivity index (χ3n) is 3.96. The van der Waals surface area contributed by atoms with E-state index in [0.717, 1.165) is 42.7 Å². The molecule has 0 bridgehead atoms. The van der Waals surface area contributed by atoms with Crippen LogP contribution in [0.4, 0.5) is 11.6 Å². The molecule has 2 heterocycles. The van der Waals surface area contributed by atoms with Crippen molar-refractivity contribution in [1.29, 1.82) is 0 Å². The van der Waals surface area contributed by atoms with Gasteiger partial charge in [-0.1, -0.05) is 6.92 Å². The van der Waals surface area contributed by atoms with E-state index in [1.54, 1.807) is 0 Å². The van der Waals surface area contributed by atoms with Crippen molar-refractivity contribution >= 4 is 17.3 Å². The summed E-state index contributed by atoms with van der Waals surface area (Å²) < 4.78 is 2.07. The first kappa shape index (κ1) is 14.2. The Labute approximate surface area is 126 Å². The number of anilines is 2. The normalized spacial score (nSPS) is 14.9. The average molecular weight is 287 g/mol. The highest BCUT2D eigenvalue weighted by Crippen LogP contribution is 2.33. The van der Waals surface area contributed by atoms with Crippen LogP contribution in [0.25, 0.3) is 5.65 Å². The van der Waals surface area contributed by atoms with E-state index in [4.69, 9.17) is 4.98 Å². The molecule has 0 atom stereocenters. The van der Waals surface area contributed by atoms with Crippen molar-refractivity contribution in [3.63, 3.8) is 0 Å². The number of imidazole rings is 1. The van der Waals surface area contributed by atoms with Crippen LogP contribution in [0, 0.1) is 5.92 Å². The number of nitrogens with one attached hydrogen (secondary N) is 1. The van der Waals surface area contributed by atoms with Crippen LogP contribution in [0.15, 0.2) is 18.6 Å². The number of hydrogen-bond acceptors (Lipinski definition) is 4. The second-order valence-electron chi connectivity index (χ2n) is 6.22. The molecule has 0 unspecified atom stereocenters. The molecule has 0 aromatic carbocycles. The first-order valence-electron chi connectivity index (χ1n) is 8.03. The van der Waals surface area contributed by atoms with Crippen LogP contribution in [0.5, 0.6) is 0 Å². The van der Waals surface area contributed by atoms with Gasteiger partial charge in [-0.2, -0.15) is 0 Å². The van der Waals surface area contributed by atoms with Crippen molar-refractivity contribution in [2.24, 2.45) is 5.92 Å². The maximum absolute atomic E-state index is 4.84. The molecule has 1 aliphatic rings. The number of nitrogens with zero attached hydrogens (tertiary/aromatic N) is 4. The lowest BCUT2D eigenvalue weighted by atomic mass is 10.2. The number of hydrogen-bond donors (Lipinski definition) is 1. The lowest BCUT2D eigenvalue weighted by molar-refractivity contribution is 0.637. The third-order valence-corrected chi connectivity index (χ3v) is 3.96. The molecule has 1 N–H and O–H groups in total. The zero-order valence-electron chi connectivity index (χ0n) is 13.2. The SMILES string of the molecule is CCCNc1cn2ccnc2c(N(CC2CC2)C(C)C)n1. The van der Waals surface area contributed by atoms with Gasteiger partial charge in [-0.3, -0.25) is 0 Å². The van der Waals surface area contributed by atoms with Crippen LogP contribution in [-0.4, -0.2) is 33.5 Å². The van der Waals surface area contributed by atoms with Gasteiger partial charge in [0.05, 0.1) is 6.20 Å². The van der Waals surface area contributed by atoms with Gasteiger partial charge in [0.15, 0.2) is 11.5 Å². The fourth-order valence-electron chi connectivity index (χ4n) is 2.57. The van der Waals surface area contributed by atoms with E-state index in [0.29, 0.717) is 6.04 Å². The van der Waals surface area contributed by atoms with Crippen molar-refractivity contribution in [2.45, 2.75) is 46.1 Å². The predicted octanol–water partition coefficient (Wildman–Crippen LogP) is 3.18. The monoisotopic (exact) mass is 287 g/mol. The van der Waals surface area contributed by atoms with Crippen molar-refractivity contribution in [3.05, 3.63) is 18.6 Å². The summed E-state index contributed by atoms with van der Waals surface area (Å²) in [5.41, 5.74) is 0.950. The van der Waals surface area contributed by atoms with Crippen LogP contribution < -0.4 is 10.2 Å². The first-order valence-corrected chi connectivity index (χ1v) is 8.03. The van der Waals surface area contributed by atoms with E-state index in [1.165, 1.54) is 12.8 Å². The third kappa shape index (κ3) is 3.12. The Bertz CT molecular complexity index is 600. The molecule has 5 nitrogen and oxygen atoms in total. The number of rotatable bonds is 7. The molecule has 2 aromatic rings. The van der Waals surface area contributed by atoms with Crippen LogP contribution in [-0.2, 0) is 0 Å². The quantitative estimate of drug-likeness (QED) is 0.849. The van der Waals surface area contributed by atoms with E-state index in [1.807, 2.05) is 18.6 Å². The van der Waals surface area contributed by atoms with Gasteiger partial charge in [-0.25, -0.2) is 9.97 Å². The lowest BCUT2D eigenvalue weighted by Gasteiger charge is -2.28. The van der Waals surface area contributed by atoms with Gasteiger partial charge < -0.3 is 14.6 Å². The van der Waals surface area contributed by atoms with Gasteiger partial charge in [0, 0.05) is 31.5 Å². The molecule has 0 aliphatic heterocycles. The summed E-state index contributed by atoms with van der Waals surface area (Å²) in [5, 5.41) is 3.39. The molecule has 114 valence electrons. The summed E-state index contributed by atoms with van der Waals surface area (Å²) in [5.74, 6) is 2.76. The topological polar surface area (TPSA) is 45.5 Å². The second-order valence-corrected chi connectivity index (χ2v) is 6.22. The van der Waals surface area contributed by atoms with Crippen molar-refractivity contribution < 1.29 is 0 Å². The molecule has 5 heteroatoms. The molecule has 2 aromatic heterocycles. The summed E-state index contributed by atoms with van der Waals surface area (Å²) in [4.78, 5) is 11.7. The zero-order chi connectivity index (χ0) is 14.8. The van der Waals surface area contributed by atoms with Crippen molar-refractivity contribution in [3.8, 4) is 0 Å². The molecular formula is C16H25N5. The Morgan fingerprint density at radius 3 is 2.90 bits per heavy atom. The molecule has 0 saturated heterocycles. The molecular weight excluding hydrogens is 262 g/mol. The highest BCUT2D eigenvalue weighted by Gasteiger charge is 2.27. The molecule has 0 spiro atoms. The molecule has 0 amide bonds. The Kier molecular flexibility index (Phi) is 3.99. The molecule has 1 fully saturated rings. The van der Waals surface area contributed by atoms with E-state index < -0.39 is 0 Å². The van der Waals surface area contributed by atoms with Gasteiger partial charge in [-0.15, -0.1) is 0 Å². The van der Waals surface area contributed by atoms with Crippen LogP contribution >= 0.6 is 0 Å². The Balaban J connectivity index is 1.98. The summed E-state index contributed by atoms with van der Waals surface area (Å²) in [7, 11) is 0. The van der Waals surface area contributed by atoms with E-state index in [2.05, 4.69) is 40.4 Å². The Hall–Kier alpha value is -1.78. The Morgan fingerprint density at radius 2 is 2.24 bits per heavy atom. The maximum atomic E-state index is 4.84. The summed E-state index contributed by atoms with van der Waals surface area (Å²) in [6, 6.07) is 0.431. The van der Waals surface area contributed by atoms with Crippen molar-refractivity contribution in [2.75, 3.05) is 23.3 Å².